The van der Waals surface area contributed by atoms with Crippen LogP contribution in [0.15, 0.2) is 78.0 Å². The lowest BCUT2D eigenvalue weighted by atomic mass is 10.00. The molecular weight excluding hydrogens is 624 g/mol. The summed E-state index contributed by atoms with van der Waals surface area (Å²) >= 11 is 1.48. The summed E-state index contributed by atoms with van der Waals surface area (Å²) in [4.78, 5) is 23.4. The zero-order valence-electron chi connectivity index (χ0n) is 25.3. The van der Waals surface area contributed by atoms with Crippen molar-refractivity contribution in [3.63, 3.8) is 0 Å². The van der Waals surface area contributed by atoms with Gasteiger partial charge in [-0.3, -0.25) is 0 Å². The minimum atomic E-state index is -4.78. The molecule has 4 aromatic rings. The van der Waals surface area contributed by atoms with Crippen LogP contribution >= 0.6 is 11.8 Å². The minimum absolute atomic E-state index is 0.246. The summed E-state index contributed by atoms with van der Waals surface area (Å²) in [5.74, 6) is 1.77. The molecule has 5 rings (SSSR count). The number of carbonyl (C=O) groups is 1. The van der Waals surface area contributed by atoms with Gasteiger partial charge in [-0.1, -0.05) is 55.9 Å². The van der Waals surface area contributed by atoms with Crippen molar-refractivity contribution in [3.05, 3.63) is 84.2 Å². The summed E-state index contributed by atoms with van der Waals surface area (Å²) in [6.07, 6.45) is -3.92. The van der Waals surface area contributed by atoms with Crippen molar-refractivity contribution >= 4 is 28.6 Å². The second-order valence-corrected chi connectivity index (χ2v) is 11.7. The third-order valence-corrected chi connectivity index (χ3v) is 8.19. The van der Waals surface area contributed by atoms with E-state index in [1.807, 2.05) is 23.1 Å². The van der Waals surface area contributed by atoms with Gasteiger partial charge in [-0.15, -0.1) is 18.3 Å². The molecule has 1 atom stereocenters. The van der Waals surface area contributed by atoms with Crippen LogP contribution < -0.4 is 19.7 Å². The third-order valence-electron chi connectivity index (χ3n) is 7.13. The van der Waals surface area contributed by atoms with Gasteiger partial charge in [-0.25, -0.2) is 18.9 Å². The van der Waals surface area contributed by atoms with Crippen LogP contribution in [-0.2, 0) is 0 Å². The molecule has 2 heterocycles. The molecule has 1 N–H and O–H groups in total. The van der Waals surface area contributed by atoms with E-state index in [2.05, 4.69) is 39.0 Å². The Morgan fingerprint density at radius 1 is 1.07 bits per heavy atom. The van der Waals surface area contributed by atoms with Crippen molar-refractivity contribution in [1.82, 2.24) is 20.1 Å². The first-order valence-corrected chi connectivity index (χ1v) is 15.5. The number of nitrogens with zero attached hydrogens (tertiary/aromatic N) is 5. The summed E-state index contributed by atoms with van der Waals surface area (Å²) in [6.45, 7) is 4.63. The number of amides is 2. The number of amidine groups is 1. The van der Waals surface area contributed by atoms with Crippen LogP contribution in [0.5, 0.6) is 11.5 Å². The number of benzene rings is 3. The predicted octanol–water partition coefficient (Wildman–Crippen LogP) is 7.68. The highest BCUT2D eigenvalue weighted by Gasteiger charge is 2.31. The number of halogens is 4. The molecule has 46 heavy (non-hydrogen) atoms. The third kappa shape index (κ3) is 8.16. The maximum atomic E-state index is 15.1. The quantitative estimate of drug-likeness (QED) is 0.185. The van der Waals surface area contributed by atoms with Crippen LogP contribution in [0.25, 0.3) is 17.1 Å². The normalized spacial score (nSPS) is 15.2. The Morgan fingerprint density at radius 3 is 2.46 bits per heavy atom. The van der Waals surface area contributed by atoms with Gasteiger partial charge in [-0.2, -0.15) is 4.99 Å². The van der Waals surface area contributed by atoms with Gasteiger partial charge in [-0.05, 0) is 53.8 Å². The lowest BCUT2D eigenvalue weighted by Gasteiger charge is -2.32. The molecule has 1 aliphatic heterocycles. The predicted molar refractivity (Wildman–Crippen MR) is 170 cm³/mol. The number of aromatic nitrogens is 3. The average Bonchev–Trinajstić information content (AvgIpc) is 3.54. The van der Waals surface area contributed by atoms with Gasteiger partial charge in [0.15, 0.2) is 11.0 Å². The number of carbonyl (C=O) groups excluding carboxylic acids is 1. The number of hydrogen-bond acceptors (Lipinski definition) is 6. The molecule has 242 valence electrons. The number of ether oxygens (including phenoxy) is 2. The highest BCUT2D eigenvalue weighted by atomic mass is 32.2. The fourth-order valence-electron chi connectivity index (χ4n) is 4.83. The van der Waals surface area contributed by atoms with E-state index in [9.17, 15) is 18.0 Å². The van der Waals surface area contributed by atoms with Crippen molar-refractivity contribution in [3.8, 4) is 28.6 Å². The van der Waals surface area contributed by atoms with Gasteiger partial charge in [0.2, 0.25) is 0 Å². The average molecular weight is 657 g/mol. The number of rotatable bonds is 9. The number of aliphatic imine (C=N–C) groups is 1. The molecular formula is C32H32F4N6O3S. The zero-order chi connectivity index (χ0) is 32.8. The fourth-order valence-corrected chi connectivity index (χ4v) is 5.78. The highest BCUT2D eigenvalue weighted by molar-refractivity contribution is 8.14. The number of anilines is 1. The van der Waals surface area contributed by atoms with E-state index in [-0.39, 0.29) is 18.2 Å². The van der Waals surface area contributed by atoms with Crippen molar-refractivity contribution in [2.75, 3.05) is 30.9 Å². The Hall–Kier alpha value is -4.59. The largest absolute Gasteiger partial charge is 0.573 e. The summed E-state index contributed by atoms with van der Waals surface area (Å²) in [6, 6.07) is 16.9. The Labute approximate surface area is 267 Å². The molecule has 0 spiro atoms. The summed E-state index contributed by atoms with van der Waals surface area (Å²) < 4.78 is 63.1. The van der Waals surface area contributed by atoms with Crippen molar-refractivity contribution < 1.29 is 31.8 Å². The van der Waals surface area contributed by atoms with Crippen LogP contribution in [0.4, 0.5) is 28.0 Å². The molecule has 1 saturated heterocycles. The first kappa shape index (κ1) is 32.8. The van der Waals surface area contributed by atoms with E-state index < -0.39 is 18.6 Å². The number of thioether (sulfide) groups is 1. The monoisotopic (exact) mass is 656 g/mol. The van der Waals surface area contributed by atoms with Crippen LogP contribution in [0.3, 0.4) is 0 Å². The van der Waals surface area contributed by atoms with Crippen LogP contribution in [0.2, 0.25) is 0 Å². The molecule has 0 radical (unpaired) electrons. The molecule has 1 aliphatic rings. The smallest absolute Gasteiger partial charge is 0.497 e. The lowest BCUT2D eigenvalue weighted by molar-refractivity contribution is -0.274. The van der Waals surface area contributed by atoms with E-state index in [0.717, 1.165) is 23.4 Å². The second kappa shape index (κ2) is 14.2. The summed E-state index contributed by atoms with van der Waals surface area (Å²) in [5.41, 5.74) is 3.48. The van der Waals surface area contributed by atoms with E-state index >= 15 is 4.39 Å². The van der Waals surface area contributed by atoms with Gasteiger partial charge in [0.1, 0.15) is 24.0 Å². The number of urea groups is 1. The Balaban J connectivity index is 1.20. The minimum Gasteiger partial charge on any atom is -0.497 e. The standard InChI is InChI=1S/C32H32F4N6O3S/c1-20(2)26-14-13-25(44-3)17-28(26)41-15-4-16-46-31(41)39-30(43)37-18-27(33)21-5-7-22(8-6-21)29-38-19-42(40-29)23-9-11-24(12-10-23)45-32(34,35)36/h5-14,17,19-20,27H,4,15-16,18H2,1-3H3,(H,37,43). The Morgan fingerprint density at radius 2 is 1.78 bits per heavy atom. The number of alkyl halides is 4. The molecule has 14 heteroatoms. The van der Waals surface area contributed by atoms with E-state index in [0.29, 0.717) is 40.1 Å². The first-order chi connectivity index (χ1) is 22.0. The van der Waals surface area contributed by atoms with E-state index in [1.54, 1.807) is 31.4 Å². The molecule has 1 aromatic heterocycles. The van der Waals surface area contributed by atoms with Gasteiger partial charge in [0.25, 0.3) is 0 Å². The van der Waals surface area contributed by atoms with Gasteiger partial charge < -0.3 is 19.7 Å². The Bertz CT molecular complexity index is 1680. The highest BCUT2D eigenvalue weighted by Crippen LogP contribution is 2.35. The van der Waals surface area contributed by atoms with Crippen molar-refractivity contribution in [1.29, 1.82) is 0 Å². The zero-order valence-corrected chi connectivity index (χ0v) is 26.1. The molecule has 0 saturated carbocycles. The van der Waals surface area contributed by atoms with Crippen LogP contribution in [0.1, 0.15) is 43.5 Å². The topological polar surface area (TPSA) is 93.9 Å². The number of nitrogens with one attached hydrogen (secondary N) is 1. The Kier molecular flexibility index (Phi) is 10.1. The lowest BCUT2D eigenvalue weighted by Crippen LogP contribution is -2.36. The van der Waals surface area contributed by atoms with Gasteiger partial charge >= 0.3 is 12.4 Å². The van der Waals surface area contributed by atoms with Crippen LogP contribution in [0, 0.1) is 0 Å². The fraction of sp³-hybridized carbons (Fsp3) is 0.312. The molecule has 9 nitrogen and oxygen atoms in total. The first-order valence-electron chi connectivity index (χ1n) is 14.5. The summed E-state index contributed by atoms with van der Waals surface area (Å²) in [7, 11) is 1.61. The number of methoxy groups -OCH3 is 1. The number of hydrogen-bond donors (Lipinski definition) is 1. The molecule has 0 bridgehead atoms. The molecule has 1 unspecified atom stereocenters. The van der Waals surface area contributed by atoms with Crippen molar-refractivity contribution in [2.24, 2.45) is 4.99 Å². The summed E-state index contributed by atoms with van der Waals surface area (Å²) in [5, 5.41) is 7.49. The molecule has 0 aliphatic carbocycles. The van der Waals surface area contributed by atoms with Crippen LogP contribution in [-0.4, -0.2) is 58.3 Å². The van der Waals surface area contributed by atoms with Gasteiger partial charge in [0, 0.05) is 29.6 Å². The molecule has 2 amide bonds. The van der Waals surface area contributed by atoms with E-state index in [4.69, 9.17) is 4.74 Å². The van der Waals surface area contributed by atoms with Gasteiger partial charge in [0.05, 0.1) is 19.3 Å². The molecule has 3 aromatic carbocycles. The second-order valence-electron chi connectivity index (χ2n) is 10.7. The maximum Gasteiger partial charge on any atom is 0.573 e. The van der Waals surface area contributed by atoms with Crippen molar-refractivity contribution in [2.45, 2.75) is 38.7 Å². The van der Waals surface area contributed by atoms with E-state index in [1.165, 1.54) is 47.0 Å². The SMILES string of the molecule is COc1ccc(C(C)C)c(N2CCCSC2=NC(=O)NCC(F)c2ccc(-c3ncn(-c4ccc(OC(F)(F)F)cc4)n3)cc2)c1. The maximum absolute atomic E-state index is 15.1. The molecule has 1 fully saturated rings.